The van der Waals surface area contributed by atoms with Crippen LogP contribution in [0.25, 0.3) is 0 Å². The van der Waals surface area contributed by atoms with E-state index in [-0.39, 0.29) is 11.7 Å². The molecule has 0 radical (unpaired) electrons. The van der Waals surface area contributed by atoms with E-state index in [9.17, 15) is 13.6 Å². The maximum Gasteiger partial charge on any atom is 0.321 e. The number of rotatable bonds is 7. The Morgan fingerprint density at radius 1 is 1.09 bits per heavy atom. The molecule has 5 heteroatoms. The number of amides is 2. The summed E-state index contributed by atoms with van der Waals surface area (Å²) in [6.45, 7) is 9.63. The second kappa shape index (κ2) is 8.71. The zero-order valence-corrected chi connectivity index (χ0v) is 13.8. The molecule has 1 aromatic carbocycles. The summed E-state index contributed by atoms with van der Waals surface area (Å²) in [4.78, 5) is 14.0. The summed E-state index contributed by atoms with van der Waals surface area (Å²) in [5, 5.41) is 2.53. The number of halogens is 2. The number of carbonyl (C=O) groups is 1. The van der Waals surface area contributed by atoms with Gasteiger partial charge >= 0.3 is 6.03 Å². The topological polar surface area (TPSA) is 32.3 Å². The Balaban J connectivity index is 2.72. The monoisotopic (exact) mass is 312 g/mol. The minimum absolute atomic E-state index is 0.00509. The fourth-order valence-corrected chi connectivity index (χ4v) is 1.93. The van der Waals surface area contributed by atoms with Crippen molar-refractivity contribution < 1.29 is 13.6 Å². The molecular formula is C17H26F2N2O. The summed E-state index contributed by atoms with van der Waals surface area (Å²) in [5.41, 5.74) is 0.00509. The fraction of sp³-hybridized carbons (Fsp3) is 0.588. The van der Waals surface area contributed by atoms with E-state index in [4.69, 9.17) is 0 Å². The van der Waals surface area contributed by atoms with Crippen LogP contribution in [0.4, 0.5) is 19.3 Å². The average Bonchev–Trinajstić information content (AvgIpc) is 2.41. The SMILES string of the molecule is CC(C)CCN(CCC(C)C)C(=O)Nc1ccc(F)cc1F. The average molecular weight is 312 g/mol. The number of nitrogens with zero attached hydrogens (tertiary/aromatic N) is 1. The van der Waals surface area contributed by atoms with E-state index < -0.39 is 11.6 Å². The van der Waals surface area contributed by atoms with Crippen LogP contribution in [0.5, 0.6) is 0 Å². The van der Waals surface area contributed by atoms with E-state index >= 15 is 0 Å². The first kappa shape index (κ1) is 18.4. The summed E-state index contributed by atoms with van der Waals surface area (Å²) in [6.07, 6.45) is 1.77. The summed E-state index contributed by atoms with van der Waals surface area (Å²) in [6, 6.07) is 2.80. The van der Waals surface area contributed by atoms with Crippen molar-refractivity contribution in [1.29, 1.82) is 0 Å². The molecule has 124 valence electrons. The van der Waals surface area contributed by atoms with Gasteiger partial charge in [0.2, 0.25) is 0 Å². The van der Waals surface area contributed by atoms with Crippen LogP contribution in [-0.2, 0) is 0 Å². The van der Waals surface area contributed by atoms with Gasteiger partial charge in [-0.3, -0.25) is 0 Å². The van der Waals surface area contributed by atoms with Gasteiger partial charge in [0, 0.05) is 19.2 Å². The van der Waals surface area contributed by atoms with E-state index in [0.717, 1.165) is 25.0 Å². The smallest absolute Gasteiger partial charge is 0.321 e. The first-order valence-corrected chi connectivity index (χ1v) is 7.80. The summed E-state index contributed by atoms with van der Waals surface area (Å²) >= 11 is 0. The van der Waals surface area contributed by atoms with Crippen molar-refractivity contribution in [3.63, 3.8) is 0 Å². The van der Waals surface area contributed by atoms with Crippen molar-refractivity contribution in [2.75, 3.05) is 18.4 Å². The van der Waals surface area contributed by atoms with Gasteiger partial charge in [0.05, 0.1) is 5.69 Å². The molecule has 1 aromatic rings. The molecule has 0 saturated carbocycles. The van der Waals surface area contributed by atoms with Gasteiger partial charge in [-0.05, 0) is 36.8 Å². The van der Waals surface area contributed by atoms with Crippen molar-refractivity contribution in [2.45, 2.75) is 40.5 Å². The Bertz CT molecular complexity index is 478. The summed E-state index contributed by atoms with van der Waals surface area (Å²) < 4.78 is 26.5. The molecule has 0 atom stereocenters. The lowest BCUT2D eigenvalue weighted by atomic mass is 10.1. The van der Waals surface area contributed by atoms with Crippen LogP contribution in [0.1, 0.15) is 40.5 Å². The fourth-order valence-electron chi connectivity index (χ4n) is 1.93. The van der Waals surface area contributed by atoms with Crippen molar-refractivity contribution in [1.82, 2.24) is 4.90 Å². The Kier molecular flexibility index (Phi) is 7.28. The first-order chi connectivity index (χ1) is 10.3. The Hall–Kier alpha value is -1.65. The van der Waals surface area contributed by atoms with Crippen molar-refractivity contribution in [2.24, 2.45) is 11.8 Å². The molecule has 1 N–H and O–H groups in total. The zero-order valence-electron chi connectivity index (χ0n) is 13.8. The van der Waals surface area contributed by atoms with Crippen LogP contribution in [0.15, 0.2) is 18.2 Å². The molecule has 0 fully saturated rings. The third kappa shape index (κ3) is 6.41. The second-order valence-corrected chi connectivity index (χ2v) is 6.41. The summed E-state index contributed by atoms with van der Waals surface area (Å²) in [5.74, 6) is -0.457. The number of urea groups is 1. The molecule has 0 aliphatic rings. The number of hydrogen-bond donors (Lipinski definition) is 1. The molecule has 0 unspecified atom stereocenters. The van der Waals surface area contributed by atoms with Gasteiger partial charge in [-0.1, -0.05) is 27.7 Å². The molecular weight excluding hydrogens is 286 g/mol. The van der Waals surface area contributed by atoms with Gasteiger partial charge in [0.25, 0.3) is 0 Å². The normalized spacial score (nSPS) is 11.1. The van der Waals surface area contributed by atoms with Crippen LogP contribution in [0.3, 0.4) is 0 Å². The third-order valence-corrected chi connectivity index (χ3v) is 3.41. The molecule has 0 aromatic heterocycles. The number of benzene rings is 1. The molecule has 3 nitrogen and oxygen atoms in total. The molecule has 0 heterocycles. The highest BCUT2D eigenvalue weighted by Crippen LogP contribution is 2.16. The second-order valence-electron chi connectivity index (χ2n) is 6.41. The maximum atomic E-state index is 13.6. The number of carbonyl (C=O) groups excluding carboxylic acids is 1. The van der Waals surface area contributed by atoms with Gasteiger partial charge in [-0.2, -0.15) is 0 Å². The minimum Gasteiger partial charge on any atom is -0.325 e. The van der Waals surface area contributed by atoms with Crippen molar-refractivity contribution >= 4 is 11.7 Å². The Labute approximate surface area is 131 Å². The third-order valence-electron chi connectivity index (χ3n) is 3.41. The standard InChI is InChI=1S/C17H26F2N2O/c1-12(2)7-9-21(10-8-13(3)4)17(22)20-16-6-5-14(18)11-15(16)19/h5-6,11-13H,7-10H2,1-4H3,(H,20,22). The van der Waals surface area contributed by atoms with Crippen molar-refractivity contribution in [3.05, 3.63) is 29.8 Å². The lowest BCUT2D eigenvalue weighted by molar-refractivity contribution is 0.205. The summed E-state index contributed by atoms with van der Waals surface area (Å²) in [7, 11) is 0. The molecule has 22 heavy (non-hydrogen) atoms. The van der Waals surface area contributed by atoms with Crippen LogP contribution >= 0.6 is 0 Å². The van der Waals surface area contributed by atoms with E-state index in [2.05, 4.69) is 33.0 Å². The highest BCUT2D eigenvalue weighted by Gasteiger charge is 2.16. The predicted molar refractivity (Wildman–Crippen MR) is 85.9 cm³/mol. The highest BCUT2D eigenvalue weighted by atomic mass is 19.1. The highest BCUT2D eigenvalue weighted by molar-refractivity contribution is 5.89. The van der Waals surface area contributed by atoms with Gasteiger partial charge in [0.15, 0.2) is 0 Å². The van der Waals surface area contributed by atoms with E-state index in [1.54, 1.807) is 4.90 Å². The molecule has 2 amide bonds. The molecule has 0 spiro atoms. The van der Waals surface area contributed by atoms with Crippen LogP contribution < -0.4 is 5.32 Å². The van der Waals surface area contributed by atoms with E-state index in [1.807, 2.05) is 0 Å². The van der Waals surface area contributed by atoms with Gasteiger partial charge in [-0.15, -0.1) is 0 Å². The first-order valence-electron chi connectivity index (χ1n) is 7.80. The predicted octanol–water partition coefficient (Wildman–Crippen LogP) is 4.89. The largest absolute Gasteiger partial charge is 0.325 e. The zero-order chi connectivity index (χ0) is 16.7. The number of anilines is 1. The van der Waals surface area contributed by atoms with Crippen molar-refractivity contribution in [3.8, 4) is 0 Å². The minimum atomic E-state index is -0.763. The van der Waals surface area contributed by atoms with Gasteiger partial charge < -0.3 is 10.2 Å². The van der Waals surface area contributed by atoms with Gasteiger partial charge in [0.1, 0.15) is 11.6 Å². The van der Waals surface area contributed by atoms with E-state index in [1.165, 1.54) is 6.07 Å². The maximum absolute atomic E-state index is 13.6. The Morgan fingerprint density at radius 3 is 2.09 bits per heavy atom. The lowest BCUT2D eigenvalue weighted by Crippen LogP contribution is -2.37. The van der Waals surface area contributed by atoms with Gasteiger partial charge in [-0.25, -0.2) is 13.6 Å². The molecule has 1 rings (SSSR count). The van der Waals surface area contributed by atoms with Crippen LogP contribution in [0, 0.1) is 23.5 Å². The number of nitrogens with one attached hydrogen (secondary N) is 1. The number of hydrogen-bond acceptors (Lipinski definition) is 1. The Morgan fingerprint density at radius 2 is 1.64 bits per heavy atom. The van der Waals surface area contributed by atoms with Crippen LogP contribution in [-0.4, -0.2) is 24.0 Å². The van der Waals surface area contributed by atoms with E-state index in [0.29, 0.717) is 24.9 Å². The molecule has 0 bridgehead atoms. The van der Waals surface area contributed by atoms with Crippen LogP contribution in [0.2, 0.25) is 0 Å². The lowest BCUT2D eigenvalue weighted by Gasteiger charge is -2.25. The molecule has 0 saturated heterocycles. The quantitative estimate of drug-likeness (QED) is 0.763. The molecule has 0 aliphatic heterocycles. The molecule has 0 aliphatic carbocycles.